The topological polar surface area (TPSA) is 169 Å². The third-order valence-electron chi connectivity index (χ3n) is 8.36. The number of ether oxygens (including phenoxy) is 4. The number of nitrogens with two attached hydrogens (primary N) is 1. The molecular formula is C34H47N3O8. The van der Waals surface area contributed by atoms with Crippen LogP contribution in [0.1, 0.15) is 55.4 Å². The molecule has 7 N–H and O–H groups in total. The van der Waals surface area contributed by atoms with Crippen LogP contribution in [-0.2, 0) is 17.6 Å². The van der Waals surface area contributed by atoms with E-state index in [9.17, 15) is 20.4 Å². The zero-order chi connectivity index (χ0) is 32.3. The number of aromatic hydroxyl groups is 2. The van der Waals surface area contributed by atoms with Crippen LogP contribution in [0.5, 0.6) is 28.7 Å². The van der Waals surface area contributed by atoms with Crippen molar-refractivity contribution in [2.75, 3.05) is 39.7 Å². The standard InChI is InChI=1S/C34H47N3O8/c1-4-36-24(8-5-22-11-13-37-32(35)16-22)20-44-31-18-23(17-30(43-3)33(31)41)34-26(12-14-38)28(40)19-25(45-34)9-6-21-7-10-27(39)29(15-21)42-2/h7,10-11,13,15-18,24-26,28,34,36,38-41H,4-6,8-9,12,14,19-20H2,1-3H3,(H2,35,37)/t24-,25+,26-,28+,34-/m1/s1. The molecule has 45 heavy (non-hydrogen) atoms. The number of aliphatic hydroxyl groups excluding tert-OH is 2. The molecule has 4 rings (SSSR count). The Morgan fingerprint density at radius 1 is 1.00 bits per heavy atom. The molecule has 246 valence electrons. The summed E-state index contributed by atoms with van der Waals surface area (Å²) in [5, 5.41) is 45.4. The number of anilines is 1. The van der Waals surface area contributed by atoms with Gasteiger partial charge < -0.3 is 50.4 Å². The highest BCUT2D eigenvalue weighted by Crippen LogP contribution is 2.45. The van der Waals surface area contributed by atoms with Crippen molar-refractivity contribution in [1.29, 1.82) is 0 Å². The number of phenols is 2. The Hall–Kier alpha value is -3.77. The highest BCUT2D eigenvalue weighted by Gasteiger charge is 2.39. The fourth-order valence-corrected chi connectivity index (χ4v) is 5.97. The Labute approximate surface area is 264 Å². The molecule has 1 saturated heterocycles. The fraction of sp³-hybridized carbons (Fsp3) is 0.500. The van der Waals surface area contributed by atoms with Crippen molar-refractivity contribution in [1.82, 2.24) is 10.3 Å². The number of nitrogens with zero attached hydrogens (tertiary/aromatic N) is 1. The van der Waals surface area contributed by atoms with E-state index in [1.807, 2.05) is 25.1 Å². The minimum absolute atomic E-state index is 0.00349. The third-order valence-corrected chi connectivity index (χ3v) is 8.36. The molecule has 5 atom stereocenters. The van der Waals surface area contributed by atoms with Crippen LogP contribution in [0, 0.1) is 5.92 Å². The lowest BCUT2D eigenvalue weighted by molar-refractivity contribution is -0.144. The van der Waals surface area contributed by atoms with E-state index < -0.39 is 12.2 Å². The normalized spacial score (nSPS) is 20.5. The zero-order valence-electron chi connectivity index (χ0n) is 26.3. The molecule has 1 aliphatic heterocycles. The minimum Gasteiger partial charge on any atom is -0.504 e. The summed E-state index contributed by atoms with van der Waals surface area (Å²) in [5.74, 6) is 0.951. The van der Waals surface area contributed by atoms with Gasteiger partial charge >= 0.3 is 0 Å². The second-order valence-electron chi connectivity index (χ2n) is 11.5. The van der Waals surface area contributed by atoms with E-state index in [1.165, 1.54) is 14.2 Å². The van der Waals surface area contributed by atoms with Gasteiger partial charge in [0.15, 0.2) is 23.0 Å². The maximum absolute atomic E-state index is 11.2. The number of likely N-dealkylation sites (N-methyl/N-ethyl adjacent to an activating group) is 1. The van der Waals surface area contributed by atoms with E-state index >= 15 is 0 Å². The summed E-state index contributed by atoms with van der Waals surface area (Å²) >= 11 is 0. The summed E-state index contributed by atoms with van der Waals surface area (Å²) in [5.41, 5.74) is 8.58. The van der Waals surface area contributed by atoms with Crippen LogP contribution in [0.15, 0.2) is 48.7 Å². The first-order chi connectivity index (χ1) is 21.8. The first-order valence-corrected chi connectivity index (χ1v) is 15.5. The van der Waals surface area contributed by atoms with Crippen LogP contribution >= 0.6 is 0 Å². The van der Waals surface area contributed by atoms with E-state index in [0.29, 0.717) is 49.4 Å². The molecule has 1 aliphatic rings. The highest BCUT2D eigenvalue weighted by atomic mass is 16.5. The predicted octanol–water partition coefficient (Wildman–Crippen LogP) is 3.90. The van der Waals surface area contributed by atoms with Gasteiger partial charge in [-0.1, -0.05) is 13.0 Å². The number of aryl methyl sites for hydroxylation is 2. The van der Waals surface area contributed by atoms with E-state index in [-0.39, 0.29) is 47.7 Å². The maximum atomic E-state index is 11.2. The Balaban J connectivity index is 1.51. The lowest BCUT2D eigenvalue weighted by Gasteiger charge is -2.40. The summed E-state index contributed by atoms with van der Waals surface area (Å²) in [6.45, 7) is 2.96. The van der Waals surface area contributed by atoms with E-state index in [2.05, 4.69) is 10.3 Å². The van der Waals surface area contributed by atoms with Gasteiger partial charge in [-0.15, -0.1) is 0 Å². The van der Waals surface area contributed by atoms with Crippen LogP contribution in [0.3, 0.4) is 0 Å². The third kappa shape index (κ3) is 9.13. The van der Waals surface area contributed by atoms with Gasteiger partial charge in [-0.25, -0.2) is 4.98 Å². The number of phenolic OH excluding ortho intramolecular Hbond substituents is 2. The van der Waals surface area contributed by atoms with Crippen molar-refractivity contribution >= 4 is 5.82 Å². The largest absolute Gasteiger partial charge is 0.504 e. The van der Waals surface area contributed by atoms with Crippen molar-refractivity contribution in [2.45, 2.75) is 69.8 Å². The maximum Gasteiger partial charge on any atom is 0.200 e. The number of rotatable bonds is 16. The van der Waals surface area contributed by atoms with Crippen molar-refractivity contribution < 1.29 is 39.4 Å². The molecule has 0 bridgehead atoms. The molecule has 2 aromatic carbocycles. The number of methoxy groups -OCH3 is 2. The van der Waals surface area contributed by atoms with Gasteiger partial charge in [-0.3, -0.25) is 0 Å². The van der Waals surface area contributed by atoms with Crippen molar-refractivity contribution in [3.05, 3.63) is 65.4 Å². The van der Waals surface area contributed by atoms with Crippen molar-refractivity contribution in [3.63, 3.8) is 0 Å². The fourth-order valence-electron chi connectivity index (χ4n) is 5.97. The van der Waals surface area contributed by atoms with Gasteiger partial charge in [0, 0.05) is 24.8 Å². The highest BCUT2D eigenvalue weighted by molar-refractivity contribution is 5.53. The second kappa shape index (κ2) is 16.5. The molecule has 0 saturated carbocycles. The summed E-state index contributed by atoms with van der Waals surface area (Å²) in [6.07, 6.45) is 3.73. The van der Waals surface area contributed by atoms with Gasteiger partial charge in [0.1, 0.15) is 12.4 Å². The second-order valence-corrected chi connectivity index (χ2v) is 11.5. The van der Waals surface area contributed by atoms with Gasteiger partial charge in [-0.2, -0.15) is 0 Å². The van der Waals surface area contributed by atoms with Crippen LogP contribution in [-0.4, -0.2) is 77.6 Å². The van der Waals surface area contributed by atoms with Gasteiger partial charge in [0.2, 0.25) is 5.75 Å². The molecule has 1 aromatic heterocycles. The molecule has 11 heteroatoms. The van der Waals surface area contributed by atoms with Crippen molar-refractivity contribution in [2.24, 2.45) is 5.92 Å². The van der Waals surface area contributed by atoms with Gasteiger partial charge in [-0.05, 0) is 98.2 Å². The zero-order valence-corrected chi connectivity index (χ0v) is 26.3. The van der Waals surface area contributed by atoms with Crippen LogP contribution in [0.25, 0.3) is 0 Å². The molecule has 2 heterocycles. The van der Waals surface area contributed by atoms with E-state index in [1.54, 1.807) is 30.5 Å². The lowest BCUT2D eigenvalue weighted by Crippen LogP contribution is -2.40. The van der Waals surface area contributed by atoms with Crippen LogP contribution in [0.4, 0.5) is 5.82 Å². The Morgan fingerprint density at radius 2 is 1.76 bits per heavy atom. The monoisotopic (exact) mass is 625 g/mol. The predicted molar refractivity (Wildman–Crippen MR) is 171 cm³/mol. The smallest absolute Gasteiger partial charge is 0.200 e. The number of aromatic nitrogens is 1. The minimum atomic E-state index is -0.709. The number of hydrogen-bond acceptors (Lipinski definition) is 11. The van der Waals surface area contributed by atoms with Crippen LogP contribution in [0.2, 0.25) is 0 Å². The Bertz CT molecular complexity index is 1370. The lowest BCUT2D eigenvalue weighted by atomic mass is 9.82. The average Bonchev–Trinajstić information content (AvgIpc) is 3.03. The number of benzene rings is 2. The Kier molecular flexibility index (Phi) is 12.5. The van der Waals surface area contributed by atoms with Crippen molar-refractivity contribution in [3.8, 4) is 28.7 Å². The molecule has 0 radical (unpaired) electrons. The number of pyridine rings is 1. The Morgan fingerprint density at radius 3 is 2.47 bits per heavy atom. The molecule has 1 fully saturated rings. The first kappa shape index (κ1) is 34.1. The molecule has 0 aliphatic carbocycles. The quantitative estimate of drug-likeness (QED) is 0.137. The summed E-state index contributed by atoms with van der Waals surface area (Å²) in [7, 11) is 2.98. The average molecular weight is 626 g/mol. The first-order valence-electron chi connectivity index (χ1n) is 15.5. The molecular weight excluding hydrogens is 578 g/mol. The van der Waals surface area contributed by atoms with Gasteiger partial charge in [0.25, 0.3) is 0 Å². The van der Waals surface area contributed by atoms with Gasteiger partial charge in [0.05, 0.1) is 32.5 Å². The molecule has 0 amide bonds. The van der Waals surface area contributed by atoms with E-state index in [4.69, 9.17) is 24.7 Å². The molecule has 3 aromatic rings. The molecule has 0 unspecified atom stereocenters. The molecule has 11 nitrogen and oxygen atoms in total. The van der Waals surface area contributed by atoms with E-state index in [0.717, 1.165) is 30.5 Å². The molecule has 0 spiro atoms. The summed E-state index contributed by atoms with van der Waals surface area (Å²) in [4.78, 5) is 4.06. The number of aliphatic hydroxyl groups is 2. The summed E-state index contributed by atoms with van der Waals surface area (Å²) < 4.78 is 23.5. The summed E-state index contributed by atoms with van der Waals surface area (Å²) in [6, 6.07) is 12.5. The van der Waals surface area contributed by atoms with Crippen LogP contribution < -0.4 is 25.3 Å². The number of hydrogen-bond donors (Lipinski definition) is 6. The number of nitrogens with one attached hydrogen (secondary N) is 1. The SMILES string of the molecule is CCN[C@H](CCc1ccnc(N)c1)COc1cc([C@H]2O[C@@H](CCc3ccc(O)c(OC)c3)C[C@H](O)[C@H]2CCO)cc(OC)c1O. The number of nitrogen functional groups attached to an aromatic ring is 1.